The highest BCUT2D eigenvalue weighted by Gasteiger charge is 2.22. The Labute approximate surface area is 126 Å². The lowest BCUT2D eigenvalue weighted by atomic mass is 10.0. The molecule has 0 unspecified atom stereocenters. The van der Waals surface area contributed by atoms with Crippen molar-refractivity contribution in [2.75, 3.05) is 25.1 Å². The van der Waals surface area contributed by atoms with E-state index in [1.54, 1.807) is 7.11 Å². The van der Waals surface area contributed by atoms with E-state index in [4.69, 9.17) is 4.74 Å². The summed E-state index contributed by atoms with van der Waals surface area (Å²) in [5.41, 5.74) is 3.07. The van der Waals surface area contributed by atoms with Gasteiger partial charge in [-0.25, -0.2) is 0 Å². The van der Waals surface area contributed by atoms with Crippen LogP contribution in [0.3, 0.4) is 0 Å². The maximum absolute atomic E-state index is 9.44. The van der Waals surface area contributed by atoms with Crippen LogP contribution in [-0.2, 0) is 11.3 Å². The maximum atomic E-state index is 9.44. The zero-order valence-electron chi connectivity index (χ0n) is 12.6. The molecule has 1 saturated heterocycles. The Bertz CT molecular complexity index is 525. The van der Waals surface area contributed by atoms with Crippen LogP contribution in [0.2, 0.25) is 0 Å². The predicted octanol–water partition coefficient (Wildman–Crippen LogP) is 2.43. The van der Waals surface area contributed by atoms with Gasteiger partial charge in [-0.2, -0.15) is 5.26 Å². The second-order valence-electron chi connectivity index (χ2n) is 6.04. The van der Waals surface area contributed by atoms with Crippen LogP contribution in [-0.4, -0.2) is 32.3 Å². The smallest absolute Gasteiger partial charge is 0.101 e. The Hall–Kier alpha value is -1.57. The SMILES string of the molecule is COC1CCN(c2ccc(CNC3CC3)cc2C#N)CC1. The van der Waals surface area contributed by atoms with E-state index in [0.29, 0.717) is 12.1 Å². The monoisotopic (exact) mass is 285 g/mol. The van der Waals surface area contributed by atoms with Gasteiger partial charge in [0, 0.05) is 32.8 Å². The van der Waals surface area contributed by atoms with E-state index in [2.05, 4.69) is 28.4 Å². The number of nitriles is 1. The molecule has 1 heterocycles. The van der Waals surface area contributed by atoms with E-state index in [0.717, 1.165) is 43.7 Å². The van der Waals surface area contributed by atoms with Crippen molar-refractivity contribution in [3.63, 3.8) is 0 Å². The van der Waals surface area contributed by atoms with Gasteiger partial charge in [-0.1, -0.05) is 6.07 Å². The third-order valence-electron chi connectivity index (χ3n) is 4.47. The summed E-state index contributed by atoms with van der Waals surface area (Å²) in [4.78, 5) is 2.31. The van der Waals surface area contributed by atoms with E-state index in [1.165, 1.54) is 18.4 Å². The quantitative estimate of drug-likeness (QED) is 0.902. The van der Waals surface area contributed by atoms with Gasteiger partial charge in [-0.15, -0.1) is 0 Å². The average molecular weight is 285 g/mol. The van der Waals surface area contributed by atoms with Gasteiger partial charge in [0.15, 0.2) is 0 Å². The Morgan fingerprint density at radius 3 is 2.67 bits per heavy atom. The zero-order valence-corrected chi connectivity index (χ0v) is 12.6. The number of benzene rings is 1. The zero-order chi connectivity index (χ0) is 14.7. The summed E-state index contributed by atoms with van der Waals surface area (Å²) >= 11 is 0. The molecule has 4 heteroatoms. The van der Waals surface area contributed by atoms with Crippen molar-refractivity contribution in [3.05, 3.63) is 29.3 Å². The molecule has 0 aromatic heterocycles. The van der Waals surface area contributed by atoms with Crippen LogP contribution < -0.4 is 10.2 Å². The van der Waals surface area contributed by atoms with Gasteiger partial charge in [-0.05, 0) is 43.4 Å². The Balaban J connectivity index is 1.68. The van der Waals surface area contributed by atoms with Crippen LogP contribution in [0.25, 0.3) is 0 Å². The van der Waals surface area contributed by atoms with Crippen LogP contribution in [0.1, 0.15) is 36.8 Å². The fourth-order valence-corrected chi connectivity index (χ4v) is 2.94. The molecule has 4 nitrogen and oxygen atoms in total. The summed E-state index contributed by atoms with van der Waals surface area (Å²) in [5.74, 6) is 0. The lowest BCUT2D eigenvalue weighted by Gasteiger charge is -2.33. The van der Waals surface area contributed by atoms with Gasteiger partial charge in [0.05, 0.1) is 17.4 Å². The van der Waals surface area contributed by atoms with E-state index in [-0.39, 0.29) is 0 Å². The fraction of sp³-hybridized carbons (Fsp3) is 0.588. The number of rotatable bonds is 5. The molecule has 2 aliphatic rings. The number of nitrogens with zero attached hydrogens (tertiary/aromatic N) is 2. The fourth-order valence-electron chi connectivity index (χ4n) is 2.94. The average Bonchev–Trinajstić information content (AvgIpc) is 3.37. The summed E-state index contributed by atoms with van der Waals surface area (Å²) in [7, 11) is 1.78. The van der Waals surface area contributed by atoms with E-state index >= 15 is 0 Å². The van der Waals surface area contributed by atoms with Crippen molar-refractivity contribution in [1.82, 2.24) is 5.32 Å². The van der Waals surface area contributed by atoms with Crippen LogP contribution >= 0.6 is 0 Å². The molecule has 0 spiro atoms. The molecular weight excluding hydrogens is 262 g/mol. The van der Waals surface area contributed by atoms with Crippen LogP contribution in [0.4, 0.5) is 5.69 Å². The molecule has 21 heavy (non-hydrogen) atoms. The van der Waals surface area contributed by atoms with Crippen molar-refractivity contribution >= 4 is 5.69 Å². The number of nitrogens with one attached hydrogen (secondary N) is 1. The van der Waals surface area contributed by atoms with Crippen LogP contribution in [0.5, 0.6) is 0 Å². The van der Waals surface area contributed by atoms with E-state index < -0.39 is 0 Å². The van der Waals surface area contributed by atoms with Crippen LogP contribution in [0.15, 0.2) is 18.2 Å². The van der Waals surface area contributed by atoms with Crippen LogP contribution in [0, 0.1) is 11.3 Å². The lowest BCUT2D eigenvalue weighted by molar-refractivity contribution is 0.0819. The van der Waals surface area contributed by atoms with E-state index in [9.17, 15) is 5.26 Å². The molecule has 112 valence electrons. The molecule has 1 aromatic carbocycles. The Kier molecular flexibility index (Phi) is 4.42. The Morgan fingerprint density at radius 1 is 1.29 bits per heavy atom. The standard InChI is InChI=1S/C17H23N3O/c1-21-16-6-8-20(9-7-16)17-5-2-13(10-14(17)11-18)12-19-15-3-4-15/h2,5,10,15-16,19H,3-4,6-9,12H2,1H3. The molecule has 1 N–H and O–H groups in total. The first-order chi connectivity index (χ1) is 10.3. The van der Waals surface area contributed by atoms with Gasteiger partial charge in [0.2, 0.25) is 0 Å². The van der Waals surface area contributed by atoms with Crippen molar-refractivity contribution < 1.29 is 4.74 Å². The normalized spacial score (nSPS) is 19.5. The largest absolute Gasteiger partial charge is 0.381 e. The molecule has 0 bridgehead atoms. The van der Waals surface area contributed by atoms with Gasteiger partial charge in [0.25, 0.3) is 0 Å². The summed E-state index contributed by atoms with van der Waals surface area (Å²) in [5, 5.41) is 12.9. The summed E-state index contributed by atoms with van der Waals surface area (Å²) in [6.07, 6.45) is 5.02. The van der Waals surface area contributed by atoms with Crippen molar-refractivity contribution in [1.29, 1.82) is 5.26 Å². The first-order valence-electron chi connectivity index (χ1n) is 7.84. The molecule has 1 aromatic rings. The molecule has 0 atom stereocenters. The minimum absolute atomic E-state index is 0.369. The first kappa shape index (κ1) is 14.4. The minimum atomic E-state index is 0.369. The van der Waals surface area contributed by atoms with Gasteiger partial charge < -0.3 is 15.0 Å². The topological polar surface area (TPSA) is 48.3 Å². The Morgan fingerprint density at radius 2 is 2.05 bits per heavy atom. The van der Waals surface area contributed by atoms with Crippen molar-refractivity contribution in [2.24, 2.45) is 0 Å². The maximum Gasteiger partial charge on any atom is 0.101 e. The third-order valence-corrected chi connectivity index (χ3v) is 4.47. The number of hydrogen-bond acceptors (Lipinski definition) is 4. The molecule has 1 saturated carbocycles. The molecule has 0 amide bonds. The molecule has 1 aliphatic heterocycles. The lowest BCUT2D eigenvalue weighted by Crippen LogP contribution is -2.37. The second-order valence-corrected chi connectivity index (χ2v) is 6.04. The summed E-state index contributed by atoms with van der Waals surface area (Å²) in [6, 6.07) is 9.35. The number of methoxy groups -OCH3 is 1. The number of piperidine rings is 1. The van der Waals surface area contributed by atoms with Crippen molar-refractivity contribution in [3.8, 4) is 6.07 Å². The molecule has 1 aliphatic carbocycles. The molecule has 3 rings (SSSR count). The van der Waals surface area contributed by atoms with E-state index in [1.807, 2.05) is 6.07 Å². The second kappa shape index (κ2) is 6.46. The highest BCUT2D eigenvalue weighted by molar-refractivity contribution is 5.60. The van der Waals surface area contributed by atoms with Gasteiger partial charge in [0.1, 0.15) is 6.07 Å². The van der Waals surface area contributed by atoms with Gasteiger partial charge >= 0.3 is 0 Å². The minimum Gasteiger partial charge on any atom is -0.381 e. The number of hydrogen-bond donors (Lipinski definition) is 1. The highest BCUT2D eigenvalue weighted by atomic mass is 16.5. The number of anilines is 1. The first-order valence-corrected chi connectivity index (χ1v) is 7.84. The third kappa shape index (κ3) is 3.55. The summed E-state index contributed by atoms with van der Waals surface area (Å²) in [6.45, 7) is 2.80. The number of ether oxygens (including phenoxy) is 1. The van der Waals surface area contributed by atoms with Gasteiger partial charge in [-0.3, -0.25) is 0 Å². The molecule has 2 fully saturated rings. The molecular formula is C17H23N3O. The van der Waals surface area contributed by atoms with Crippen molar-refractivity contribution in [2.45, 2.75) is 44.4 Å². The summed E-state index contributed by atoms with van der Waals surface area (Å²) < 4.78 is 5.41. The predicted molar refractivity (Wildman–Crippen MR) is 83.3 cm³/mol. The highest BCUT2D eigenvalue weighted by Crippen LogP contribution is 2.26. The molecule has 0 radical (unpaired) electrons.